The number of nitrogens with zero attached hydrogens (tertiary/aromatic N) is 1. The van der Waals surface area contributed by atoms with E-state index >= 15 is 0 Å². The average molecular weight is 287 g/mol. The van der Waals surface area contributed by atoms with Crippen LogP contribution in [0.1, 0.15) is 27.3 Å². The van der Waals surface area contributed by atoms with Crippen molar-refractivity contribution in [2.24, 2.45) is 0 Å². The monoisotopic (exact) mass is 287 g/mol. The first kappa shape index (κ1) is 13.2. The van der Waals surface area contributed by atoms with Gasteiger partial charge in [-0.15, -0.1) is 0 Å². The van der Waals surface area contributed by atoms with Crippen LogP contribution in [0.15, 0.2) is 41.0 Å². The molecule has 1 aromatic carbocycles. The van der Waals surface area contributed by atoms with Crippen LogP contribution in [-0.2, 0) is 0 Å². The molecule has 0 unspecified atom stereocenters. The van der Waals surface area contributed by atoms with Crippen molar-refractivity contribution in [3.8, 4) is 5.75 Å². The second-order valence-electron chi connectivity index (χ2n) is 4.63. The number of hydrogen-bond acceptors (Lipinski definition) is 4. The molecule has 0 atom stereocenters. The van der Waals surface area contributed by atoms with Crippen LogP contribution >= 0.6 is 0 Å². The Hall–Kier alpha value is -2.76. The molecule has 2 aromatic rings. The minimum atomic E-state index is -1.13. The standard InChI is InChI=1S/C15H13NO5/c17-14(13-8-10(9-21-13)15(18)19)16-6-3-7-20-12-5-2-1-4-11(12)16/h1-2,4-5,8-9H,3,6-7H2,(H,18,19). The maximum Gasteiger partial charge on any atom is 0.338 e. The molecule has 6 nitrogen and oxygen atoms in total. The van der Waals surface area contributed by atoms with Crippen molar-refractivity contribution in [3.05, 3.63) is 47.9 Å². The van der Waals surface area contributed by atoms with E-state index in [0.717, 1.165) is 6.26 Å². The number of anilines is 1. The molecule has 108 valence electrons. The molecule has 1 N–H and O–H groups in total. The molecule has 21 heavy (non-hydrogen) atoms. The first-order valence-electron chi connectivity index (χ1n) is 6.52. The van der Waals surface area contributed by atoms with Crippen LogP contribution in [0.5, 0.6) is 5.75 Å². The molecule has 0 saturated heterocycles. The van der Waals surface area contributed by atoms with Crippen molar-refractivity contribution in [3.63, 3.8) is 0 Å². The van der Waals surface area contributed by atoms with Crippen LogP contribution in [0.4, 0.5) is 5.69 Å². The van der Waals surface area contributed by atoms with E-state index in [0.29, 0.717) is 31.0 Å². The summed E-state index contributed by atoms with van der Waals surface area (Å²) in [6, 6.07) is 8.48. The van der Waals surface area contributed by atoms with Crippen molar-refractivity contribution in [2.75, 3.05) is 18.1 Å². The highest BCUT2D eigenvalue weighted by molar-refractivity contribution is 6.06. The van der Waals surface area contributed by atoms with Crippen LogP contribution in [0.3, 0.4) is 0 Å². The van der Waals surface area contributed by atoms with Gasteiger partial charge < -0.3 is 19.2 Å². The van der Waals surface area contributed by atoms with E-state index in [-0.39, 0.29) is 17.2 Å². The van der Waals surface area contributed by atoms with Gasteiger partial charge in [-0.25, -0.2) is 4.79 Å². The lowest BCUT2D eigenvalue weighted by atomic mass is 10.2. The summed E-state index contributed by atoms with van der Waals surface area (Å²) in [6.45, 7) is 1.01. The van der Waals surface area contributed by atoms with Gasteiger partial charge in [0.15, 0.2) is 5.76 Å². The third-order valence-electron chi connectivity index (χ3n) is 3.24. The van der Waals surface area contributed by atoms with Crippen LogP contribution in [0.25, 0.3) is 0 Å². The number of rotatable bonds is 2. The van der Waals surface area contributed by atoms with E-state index in [2.05, 4.69) is 0 Å². The SMILES string of the molecule is O=C(O)c1coc(C(=O)N2CCCOc3ccccc32)c1. The van der Waals surface area contributed by atoms with E-state index in [9.17, 15) is 9.59 Å². The lowest BCUT2D eigenvalue weighted by Gasteiger charge is -2.20. The van der Waals surface area contributed by atoms with Gasteiger partial charge in [-0.05, 0) is 18.6 Å². The number of furan rings is 1. The Morgan fingerprint density at radius 1 is 1.24 bits per heavy atom. The largest absolute Gasteiger partial charge is 0.491 e. The predicted molar refractivity (Wildman–Crippen MR) is 73.9 cm³/mol. The molecule has 1 aromatic heterocycles. The topological polar surface area (TPSA) is 80.0 Å². The highest BCUT2D eigenvalue weighted by Crippen LogP contribution is 2.31. The fourth-order valence-electron chi connectivity index (χ4n) is 2.23. The van der Waals surface area contributed by atoms with Crippen LogP contribution < -0.4 is 9.64 Å². The van der Waals surface area contributed by atoms with E-state index < -0.39 is 5.97 Å². The van der Waals surface area contributed by atoms with Crippen LogP contribution in [0.2, 0.25) is 0 Å². The summed E-state index contributed by atoms with van der Waals surface area (Å²) in [7, 11) is 0. The summed E-state index contributed by atoms with van der Waals surface area (Å²) in [5.74, 6) is -0.865. The molecule has 0 fully saturated rings. The lowest BCUT2D eigenvalue weighted by molar-refractivity contribution is 0.0696. The van der Waals surface area contributed by atoms with Gasteiger partial charge in [-0.3, -0.25) is 4.79 Å². The third kappa shape index (κ3) is 2.47. The summed E-state index contributed by atoms with van der Waals surface area (Å²) < 4.78 is 10.7. The second-order valence-corrected chi connectivity index (χ2v) is 4.63. The second kappa shape index (κ2) is 5.32. The number of fused-ring (bicyclic) bond motifs is 1. The first-order valence-corrected chi connectivity index (χ1v) is 6.52. The Morgan fingerprint density at radius 2 is 2.05 bits per heavy atom. The highest BCUT2D eigenvalue weighted by Gasteiger charge is 2.25. The molecule has 0 radical (unpaired) electrons. The highest BCUT2D eigenvalue weighted by atomic mass is 16.5. The molecular weight excluding hydrogens is 274 g/mol. The van der Waals surface area contributed by atoms with Gasteiger partial charge in [0.2, 0.25) is 0 Å². The molecule has 2 heterocycles. The van der Waals surface area contributed by atoms with Crippen molar-refractivity contribution < 1.29 is 23.8 Å². The number of amides is 1. The number of carbonyl (C=O) groups is 2. The van der Waals surface area contributed by atoms with E-state index in [1.165, 1.54) is 6.07 Å². The minimum absolute atomic E-state index is 0.00380. The van der Waals surface area contributed by atoms with Crippen molar-refractivity contribution in [1.82, 2.24) is 0 Å². The maximum absolute atomic E-state index is 12.5. The zero-order valence-corrected chi connectivity index (χ0v) is 11.1. The van der Waals surface area contributed by atoms with Gasteiger partial charge >= 0.3 is 5.97 Å². The van der Waals surface area contributed by atoms with Crippen molar-refractivity contribution in [1.29, 1.82) is 0 Å². The molecule has 0 saturated carbocycles. The Morgan fingerprint density at radius 3 is 2.81 bits per heavy atom. The summed E-state index contributed by atoms with van der Waals surface area (Å²) in [4.78, 5) is 24.9. The fourth-order valence-corrected chi connectivity index (χ4v) is 2.23. The lowest BCUT2D eigenvalue weighted by Crippen LogP contribution is -2.31. The molecule has 0 aliphatic carbocycles. The third-order valence-corrected chi connectivity index (χ3v) is 3.24. The summed E-state index contributed by atoms with van der Waals surface area (Å²) in [5, 5.41) is 8.89. The number of carboxylic acid groups (broad SMARTS) is 1. The summed E-state index contributed by atoms with van der Waals surface area (Å²) in [5.41, 5.74) is 0.617. The molecule has 1 aliphatic heterocycles. The molecule has 0 bridgehead atoms. The number of benzene rings is 1. The Bertz CT molecular complexity index is 691. The molecule has 0 spiro atoms. The van der Waals surface area contributed by atoms with Gasteiger partial charge in [-0.1, -0.05) is 12.1 Å². The average Bonchev–Trinajstić information content (AvgIpc) is 2.88. The Balaban J connectivity index is 1.95. The fraction of sp³-hybridized carbons (Fsp3) is 0.200. The van der Waals surface area contributed by atoms with Gasteiger partial charge in [0.1, 0.15) is 12.0 Å². The van der Waals surface area contributed by atoms with E-state index in [1.807, 2.05) is 12.1 Å². The summed E-state index contributed by atoms with van der Waals surface area (Å²) in [6.07, 6.45) is 1.75. The number of para-hydroxylation sites is 2. The van der Waals surface area contributed by atoms with E-state index in [1.54, 1.807) is 17.0 Å². The number of aromatic carboxylic acids is 1. The predicted octanol–water partition coefficient (Wildman–Crippen LogP) is 2.41. The Kier molecular flexibility index (Phi) is 3.35. The summed E-state index contributed by atoms with van der Waals surface area (Å²) >= 11 is 0. The molecular formula is C15H13NO5. The van der Waals surface area contributed by atoms with Crippen molar-refractivity contribution >= 4 is 17.6 Å². The minimum Gasteiger partial charge on any atom is -0.491 e. The van der Waals surface area contributed by atoms with Crippen LogP contribution in [0, 0.1) is 0 Å². The molecule has 1 aliphatic rings. The molecule has 3 rings (SSSR count). The number of ether oxygens (including phenoxy) is 1. The van der Waals surface area contributed by atoms with Crippen molar-refractivity contribution in [2.45, 2.75) is 6.42 Å². The van der Waals surface area contributed by atoms with E-state index in [4.69, 9.17) is 14.3 Å². The van der Waals surface area contributed by atoms with Gasteiger partial charge in [0, 0.05) is 12.6 Å². The maximum atomic E-state index is 12.5. The smallest absolute Gasteiger partial charge is 0.338 e. The normalized spacial score (nSPS) is 14.0. The van der Waals surface area contributed by atoms with Gasteiger partial charge in [0.25, 0.3) is 5.91 Å². The number of carboxylic acids is 1. The van der Waals surface area contributed by atoms with Gasteiger partial charge in [0.05, 0.1) is 17.9 Å². The number of carbonyl (C=O) groups excluding carboxylic acids is 1. The molecule has 1 amide bonds. The quantitative estimate of drug-likeness (QED) is 0.917. The molecule has 6 heteroatoms. The Labute approximate surface area is 120 Å². The zero-order chi connectivity index (χ0) is 14.8. The number of hydrogen-bond donors (Lipinski definition) is 1. The van der Waals surface area contributed by atoms with Gasteiger partial charge in [-0.2, -0.15) is 0 Å². The first-order chi connectivity index (χ1) is 10.2. The van der Waals surface area contributed by atoms with Crippen LogP contribution in [-0.4, -0.2) is 30.1 Å². The zero-order valence-electron chi connectivity index (χ0n) is 11.1.